The molecule has 1 fully saturated rings. The van der Waals surface area contributed by atoms with Crippen molar-refractivity contribution in [1.82, 2.24) is 10.2 Å². The van der Waals surface area contributed by atoms with Crippen molar-refractivity contribution in [2.45, 2.75) is 69.5 Å². The van der Waals surface area contributed by atoms with E-state index in [-0.39, 0.29) is 23.4 Å². The lowest BCUT2D eigenvalue weighted by atomic mass is 9.95. The van der Waals surface area contributed by atoms with Crippen LogP contribution in [0.2, 0.25) is 0 Å². The largest absolute Gasteiger partial charge is 0.457 e. The van der Waals surface area contributed by atoms with Gasteiger partial charge in [0, 0.05) is 12.6 Å². The number of sulfonamides is 1. The van der Waals surface area contributed by atoms with Crippen LogP contribution in [0.4, 0.5) is 5.69 Å². The van der Waals surface area contributed by atoms with Crippen molar-refractivity contribution < 1.29 is 22.7 Å². The van der Waals surface area contributed by atoms with Crippen molar-refractivity contribution in [3.8, 4) is 11.5 Å². The number of ether oxygens (including phenoxy) is 1. The standard InChI is InChI=1S/C37H41N3O5S/c1-28-18-24-35(25-19-28)46(43,44)40(32-20-22-34(23-21-32)45-33-16-10-5-11-17-33)27-36(41)39(26-30-12-6-3-7-13-30)29(2)37(42)38-31-14-8-4-9-15-31/h3,5-7,10-13,16-25,29,31H,4,8-9,14-15,26-27H2,1-2H3,(H,38,42)/t29-/m0/s1. The van der Waals surface area contributed by atoms with E-state index in [0.717, 1.165) is 47.5 Å². The lowest BCUT2D eigenvalue weighted by molar-refractivity contribution is -0.139. The van der Waals surface area contributed by atoms with Gasteiger partial charge < -0.3 is 15.0 Å². The number of carbonyl (C=O) groups is 2. The minimum absolute atomic E-state index is 0.0632. The van der Waals surface area contributed by atoms with Crippen molar-refractivity contribution in [3.05, 3.63) is 120 Å². The van der Waals surface area contributed by atoms with E-state index in [9.17, 15) is 18.0 Å². The van der Waals surface area contributed by atoms with Gasteiger partial charge in [0.1, 0.15) is 24.1 Å². The Hall–Kier alpha value is -4.63. The fourth-order valence-corrected chi connectivity index (χ4v) is 7.02. The molecule has 2 amide bonds. The van der Waals surface area contributed by atoms with Crippen LogP contribution in [0.25, 0.3) is 0 Å². The summed E-state index contributed by atoms with van der Waals surface area (Å²) in [6, 6.07) is 31.1. The number of nitrogens with zero attached hydrogens (tertiary/aromatic N) is 2. The second-order valence-electron chi connectivity index (χ2n) is 11.8. The van der Waals surface area contributed by atoms with Crippen LogP contribution in [0, 0.1) is 6.92 Å². The van der Waals surface area contributed by atoms with Crippen molar-refractivity contribution in [2.24, 2.45) is 0 Å². The van der Waals surface area contributed by atoms with Gasteiger partial charge in [0.15, 0.2) is 0 Å². The van der Waals surface area contributed by atoms with Gasteiger partial charge in [0.25, 0.3) is 10.0 Å². The van der Waals surface area contributed by atoms with E-state index in [0.29, 0.717) is 17.2 Å². The van der Waals surface area contributed by atoms with Crippen LogP contribution in [-0.4, -0.2) is 43.8 Å². The molecule has 4 aromatic carbocycles. The quantitative estimate of drug-likeness (QED) is 0.183. The van der Waals surface area contributed by atoms with Crippen LogP contribution in [0.15, 0.2) is 114 Å². The Balaban J connectivity index is 1.45. The van der Waals surface area contributed by atoms with Gasteiger partial charge in [-0.15, -0.1) is 0 Å². The van der Waals surface area contributed by atoms with Crippen LogP contribution in [0.1, 0.15) is 50.2 Å². The van der Waals surface area contributed by atoms with Crippen LogP contribution in [-0.2, 0) is 26.2 Å². The highest BCUT2D eigenvalue weighted by Crippen LogP contribution is 2.29. The number of aryl methyl sites for hydroxylation is 1. The van der Waals surface area contributed by atoms with E-state index >= 15 is 0 Å². The summed E-state index contributed by atoms with van der Waals surface area (Å²) in [6.45, 7) is 3.24. The van der Waals surface area contributed by atoms with E-state index in [2.05, 4.69) is 5.32 Å². The molecule has 1 aliphatic carbocycles. The maximum absolute atomic E-state index is 14.2. The fourth-order valence-electron chi connectivity index (χ4n) is 5.60. The number of amides is 2. The molecular weight excluding hydrogens is 598 g/mol. The van der Waals surface area contributed by atoms with Crippen molar-refractivity contribution >= 4 is 27.5 Å². The summed E-state index contributed by atoms with van der Waals surface area (Å²) in [7, 11) is -4.17. The van der Waals surface area contributed by atoms with Gasteiger partial charge in [-0.1, -0.05) is 85.5 Å². The Morgan fingerprint density at radius 3 is 2.02 bits per heavy atom. The molecule has 0 radical (unpaired) electrons. The first-order valence-electron chi connectivity index (χ1n) is 15.8. The molecule has 1 saturated carbocycles. The minimum Gasteiger partial charge on any atom is -0.457 e. The van der Waals surface area contributed by atoms with Gasteiger partial charge >= 0.3 is 0 Å². The Kier molecular flexibility index (Phi) is 10.8. The topological polar surface area (TPSA) is 96.0 Å². The highest BCUT2D eigenvalue weighted by molar-refractivity contribution is 7.92. The molecule has 0 spiro atoms. The monoisotopic (exact) mass is 639 g/mol. The number of nitrogens with one attached hydrogen (secondary N) is 1. The molecule has 1 aliphatic rings. The van der Waals surface area contributed by atoms with Crippen molar-refractivity contribution in [1.29, 1.82) is 0 Å². The Morgan fingerprint density at radius 1 is 0.804 bits per heavy atom. The molecule has 0 saturated heterocycles. The van der Waals surface area contributed by atoms with E-state index in [1.54, 1.807) is 43.3 Å². The average Bonchev–Trinajstić information content (AvgIpc) is 3.07. The molecule has 5 rings (SSSR count). The van der Waals surface area contributed by atoms with E-state index in [4.69, 9.17) is 4.74 Å². The van der Waals surface area contributed by atoms with Crippen molar-refractivity contribution in [3.63, 3.8) is 0 Å². The number of anilines is 1. The van der Waals surface area contributed by atoms with Gasteiger partial charge in [-0.25, -0.2) is 8.42 Å². The number of carbonyl (C=O) groups excluding carboxylic acids is 2. The molecule has 0 bridgehead atoms. The SMILES string of the molecule is Cc1ccc(S(=O)(=O)N(CC(=O)N(Cc2ccccc2)[C@@H](C)C(=O)NC2CCCCC2)c2ccc(Oc3ccccc3)cc2)cc1. The third-order valence-corrected chi connectivity index (χ3v) is 10.1. The van der Waals surface area contributed by atoms with Gasteiger partial charge in [0.2, 0.25) is 11.8 Å². The highest BCUT2D eigenvalue weighted by Gasteiger charge is 2.33. The predicted molar refractivity (Wildman–Crippen MR) is 180 cm³/mol. The smallest absolute Gasteiger partial charge is 0.264 e. The average molecular weight is 640 g/mol. The van der Waals surface area contributed by atoms with Crippen LogP contribution in [0.5, 0.6) is 11.5 Å². The number of hydrogen-bond donors (Lipinski definition) is 1. The Labute approximate surface area is 272 Å². The minimum atomic E-state index is -4.17. The summed E-state index contributed by atoms with van der Waals surface area (Å²) in [5, 5.41) is 3.13. The molecule has 46 heavy (non-hydrogen) atoms. The lowest BCUT2D eigenvalue weighted by Gasteiger charge is -2.33. The zero-order valence-corrected chi connectivity index (χ0v) is 27.2. The summed E-state index contributed by atoms with van der Waals surface area (Å²) >= 11 is 0. The first-order chi connectivity index (χ1) is 22.2. The van der Waals surface area contributed by atoms with E-state index in [1.807, 2.05) is 67.6 Å². The van der Waals surface area contributed by atoms with Gasteiger partial charge in [0.05, 0.1) is 10.6 Å². The first kappa shape index (κ1) is 32.8. The third kappa shape index (κ3) is 8.34. The number of para-hydroxylation sites is 1. The summed E-state index contributed by atoms with van der Waals surface area (Å²) in [6.07, 6.45) is 5.11. The highest BCUT2D eigenvalue weighted by atomic mass is 32.2. The third-order valence-electron chi connectivity index (χ3n) is 8.31. The Morgan fingerprint density at radius 2 is 1.39 bits per heavy atom. The molecule has 9 heteroatoms. The molecule has 0 unspecified atom stereocenters. The number of rotatable bonds is 12. The van der Waals surface area contributed by atoms with Crippen LogP contribution >= 0.6 is 0 Å². The molecular formula is C37H41N3O5S. The molecule has 0 heterocycles. The predicted octanol–water partition coefficient (Wildman–Crippen LogP) is 6.85. The fraction of sp³-hybridized carbons (Fsp3) is 0.297. The molecule has 1 N–H and O–H groups in total. The van der Waals surface area contributed by atoms with Crippen LogP contribution < -0.4 is 14.4 Å². The molecule has 4 aromatic rings. The second kappa shape index (κ2) is 15.1. The molecule has 0 aromatic heterocycles. The van der Waals surface area contributed by atoms with Gasteiger partial charge in [-0.05, 0) is 80.8 Å². The van der Waals surface area contributed by atoms with Gasteiger partial charge in [-0.2, -0.15) is 0 Å². The van der Waals surface area contributed by atoms with Gasteiger partial charge in [-0.3, -0.25) is 13.9 Å². The summed E-state index contributed by atoms with van der Waals surface area (Å²) in [5.41, 5.74) is 2.05. The van der Waals surface area contributed by atoms with Crippen molar-refractivity contribution in [2.75, 3.05) is 10.8 Å². The van der Waals surface area contributed by atoms with E-state index in [1.165, 1.54) is 17.0 Å². The summed E-state index contributed by atoms with van der Waals surface area (Å²) in [4.78, 5) is 29.2. The van der Waals surface area contributed by atoms with Crippen LogP contribution in [0.3, 0.4) is 0 Å². The number of benzene rings is 4. The summed E-state index contributed by atoms with van der Waals surface area (Å²) < 4.78 is 35.3. The van der Waals surface area contributed by atoms with E-state index < -0.39 is 28.5 Å². The Bertz CT molecular complexity index is 1690. The molecule has 0 aliphatic heterocycles. The lowest BCUT2D eigenvalue weighted by Crippen LogP contribution is -2.53. The zero-order chi connectivity index (χ0) is 32.5. The maximum atomic E-state index is 14.2. The first-order valence-corrected chi connectivity index (χ1v) is 17.2. The zero-order valence-electron chi connectivity index (χ0n) is 26.3. The maximum Gasteiger partial charge on any atom is 0.264 e. The molecule has 1 atom stereocenters. The second-order valence-corrected chi connectivity index (χ2v) is 13.6. The molecule has 240 valence electrons. The number of hydrogen-bond acceptors (Lipinski definition) is 5. The normalized spacial score (nSPS) is 14.2. The summed E-state index contributed by atoms with van der Waals surface area (Å²) in [5.74, 6) is 0.432. The molecule has 8 nitrogen and oxygen atoms in total.